The minimum Gasteiger partial charge on any atom is -0.325 e. The highest BCUT2D eigenvalue weighted by Crippen LogP contribution is 2.24. The number of hydrogen-bond donors (Lipinski definition) is 1. The zero-order valence-electron chi connectivity index (χ0n) is 12.9. The summed E-state index contributed by atoms with van der Waals surface area (Å²) in [4.78, 5) is 12.5. The van der Waals surface area contributed by atoms with Gasteiger partial charge in [0, 0.05) is 22.0 Å². The first-order chi connectivity index (χ1) is 11.1. The predicted octanol–water partition coefficient (Wildman–Crippen LogP) is 5.31. The summed E-state index contributed by atoms with van der Waals surface area (Å²) < 4.78 is 0. The van der Waals surface area contributed by atoms with Crippen LogP contribution in [0, 0.1) is 5.92 Å². The van der Waals surface area contributed by atoms with Crippen molar-refractivity contribution < 1.29 is 4.79 Å². The molecule has 3 heteroatoms. The number of hydrogen-bond acceptors (Lipinski definition) is 1. The molecule has 0 bridgehead atoms. The number of fused-ring (bicyclic) bond motifs is 1. The number of benzene rings is 3. The van der Waals surface area contributed by atoms with Gasteiger partial charge < -0.3 is 5.32 Å². The van der Waals surface area contributed by atoms with Crippen molar-refractivity contribution in [3.63, 3.8) is 0 Å². The van der Waals surface area contributed by atoms with E-state index in [-0.39, 0.29) is 11.8 Å². The summed E-state index contributed by atoms with van der Waals surface area (Å²) >= 11 is 5.89. The van der Waals surface area contributed by atoms with E-state index in [4.69, 9.17) is 11.6 Å². The maximum Gasteiger partial charge on any atom is 0.227 e. The van der Waals surface area contributed by atoms with Crippen LogP contribution in [-0.4, -0.2) is 5.91 Å². The third kappa shape index (κ3) is 3.72. The summed E-state index contributed by atoms with van der Waals surface area (Å²) in [5, 5.41) is 5.94. The average Bonchev–Trinajstić information content (AvgIpc) is 2.57. The van der Waals surface area contributed by atoms with E-state index in [0.717, 1.165) is 22.0 Å². The molecule has 0 spiro atoms. The van der Waals surface area contributed by atoms with Crippen molar-refractivity contribution in [3.8, 4) is 0 Å². The van der Waals surface area contributed by atoms with Gasteiger partial charge in [-0.05, 0) is 35.6 Å². The lowest BCUT2D eigenvalue weighted by Crippen LogP contribution is -2.22. The Morgan fingerprint density at radius 1 is 1.00 bits per heavy atom. The SMILES string of the molecule is C[C@H](Cc1ccc(Cl)cc1)C(=O)Nc1cccc2ccccc12. The molecule has 1 atom stereocenters. The number of nitrogens with one attached hydrogen (secondary N) is 1. The van der Waals surface area contributed by atoms with Gasteiger partial charge in [-0.3, -0.25) is 4.79 Å². The fraction of sp³-hybridized carbons (Fsp3) is 0.150. The molecule has 3 aromatic rings. The van der Waals surface area contributed by atoms with Crippen molar-refractivity contribution >= 4 is 34.0 Å². The lowest BCUT2D eigenvalue weighted by molar-refractivity contribution is -0.119. The van der Waals surface area contributed by atoms with Crippen LogP contribution in [0.1, 0.15) is 12.5 Å². The zero-order valence-corrected chi connectivity index (χ0v) is 13.7. The van der Waals surface area contributed by atoms with E-state index in [1.54, 1.807) is 0 Å². The molecule has 0 aliphatic rings. The molecule has 3 aromatic carbocycles. The van der Waals surface area contributed by atoms with Crippen LogP contribution in [0.25, 0.3) is 10.8 Å². The molecular weight excluding hydrogens is 306 g/mol. The molecule has 116 valence electrons. The van der Waals surface area contributed by atoms with Crippen LogP contribution in [0.3, 0.4) is 0 Å². The van der Waals surface area contributed by atoms with Crippen molar-refractivity contribution in [2.24, 2.45) is 5.92 Å². The van der Waals surface area contributed by atoms with Crippen molar-refractivity contribution in [1.82, 2.24) is 0 Å². The Labute approximate surface area is 141 Å². The Kier molecular flexibility index (Phi) is 4.63. The zero-order chi connectivity index (χ0) is 16.2. The molecule has 23 heavy (non-hydrogen) atoms. The number of carbonyl (C=O) groups excluding carboxylic acids is 1. The third-order valence-corrected chi connectivity index (χ3v) is 4.20. The number of amides is 1. The van der Waals surface area contributed by atoms with Crippen LogP contribution in [-0.2, 0) is 11.2 Å². The molecular formula is C20H18ClNO. The van der Waals surface area contributed by atoms with Crippen molar-refractivity contribution in [2.75, 3.05) is 5.32 Å². The van der Waals surface area contributed by atoms with Gasteiger partial charge >= 0.3 is 0 Å². The molecule has 0 aliphatic heterocycles. The van der Waals surface area contributed by atoms with Crippen molar-refractivity contribution in [1.29, 1.82) is 0 Å². The van der Waals surface area contributed by atoms with Gasteiger partial charge in [-0.2, -0.15) is 0 Å². The van der Waals surface area contributed by atoms with E-state index >= 15 is 0 Å². The molecule has 0 aromatic heterocycles. The number of anilines is 1. The Bertz CT molecular complexity index is 821. The summed E-state index contributed by atoms with van der Waals surface area (Å²) in [6, 6.07) is 21.6. The second-order valence-electron chi connectivity index (χ2n) is 5.75. The minimum atomic E-state index is -0.116. The van der Waals surface area contributed by atoms with Crippen LogP contribution in [0.15, 0.2) is 66.7 Å². The number of halogens is 1. The normalized spacial score (nSPS) is 12.1. The Morgan fingerprint density at radius 2 is 1.70 bits per heavy atom. The topological polar surface area (TPSA) is 29.1 Å². The average molecular weight is 324 g/mol. The molecule has 1 amide bonds. The molecule has 0 fully saturated rings. The molecule has 0 radical (unpaired) electrons. The van der Waals surface area contributed by atoms with Crippen molar-refractivity contribution in [2.45, 2.75) is 13.3 Å². The first-order valence-corrected chi connectivity index (χ1v) is 8.04. The fourth-order valence-corrected chi connectivity index (χ4v) is 2.78. The fourth-order valence-electron chi connectivity index (χ4n) is 2.66. The van der Waals surface area contributed by atoms with E-state index < -0.39 is 0 Å². The molecule has 0 aliphatic carbocycles. The molecule has 1 N–H and O–H groups in total. The van der Waals surface area contributed by atoms with Gasteiger partial charge in [0.05, 0.1) is 0 Å². The molecule has 0 saturated heterocycles. The third-order valence-electron chi connectivity index (χ3n) is 3.95. The number of rotatable bonds is 4. The van der Waals surface area contributed by atoms with Gasteiger partial charge in [0.2, 0.25) is 5.91 Å². The summed E-state index contributed by atoms with van der Waals surface area (Å²) in [6.45, 7) is 1.94. The maximum absolute atomic E-state index is 12.5. The van der Waals surface area contributed by atoms with Crippen LogP contribution in [0.4, 0.5) is 5.69 Å². The summed E-state index contributed by atoms with van der Waals surface area (Å²) in [7, 11) is 0. The van der Waals surface area contributed by atoms with Gasteiger partial charge in [-0.15, -0.1) is 0 Å². The maximum atomic E-state index is 12.5. The summed E-state index contributed by atoms with van der Waals surface area (Å²) in [6.07, 6.45) is 0.688. The van der Waals surface area contributed by atoms with Gasteiger partial charge in [-0.1, -0.05) is 67.1 Å². The predicted molar refractivity (Wildman–Crippen MR) is 96.9 cm³/mol. The summed E-state index contributed by atoms with van der Waals surface area (Å²) in [5.41, 5.74) is 1.96. The van der Waals surface area contributed by atoms with E-state index in [2.05, 4.69) is 5.32 Å². The van der Waals surface area contributed by atoms with Gasteiger partial charge in [0.15, 0.2) is 0 Å². The second-order valence-corrected chi connectivity index (χ2v) is 6.18. The highest BCUT2D eigenvalue weighted by atomic mass is 35.5. The molecule has 2 nitrogen and oxygen atoms in total. The highest BCUT2D eigenvalue weighted by Gasteiger charge is 2.14. The van der Waals surface area contributed by atoms with Gasteiger partial charge in [-0.25, -0.2) is 0 Å². The Hall–Kier alpha value is -2.32. The smallest absolute Gasteiger partial charge is 0.227 e. The minimum absolute atomic E-state index is 0.0244. The Morgan fingerprint density at radius 3 is 2.48 bits per heavy atom. The van der Waals surface area contributed by atoms with Gasteiger partial charge in [0.1, 0.15) is 0 Å². The molecule has 3 rings (SSSR count). The lowest BCUT2D eigenvalue weighted by Gasteiger charge is -2.14. The summed E-state index contributed by atoms with van der Waals surface area (Å²) in [5.74, 6) is -0.0913. The molecule has 0 heterocycles. The Balaban J connectivity index is 1.74. The van der Waals surface area contributed by atoms with E-state index in [1.165, 1.54) is 0 Å². The van der Waals surface area contributed by atoms with Crippen LogP contribution in [0.2, 0.25) is 5.02 Å². The van der Waals surface area contributed by atoms with Crippen LogP contribution in [0.5, 0.6) is 0 Å². The van der Waals surface area contributed by atoms with Crippen LogP contribution < -0.4 is 5.32 Å². The van der Waals surface area contributed by atoms with E-state index in [0.29, 0.717) is 11.4 Å². The van der Waals surface area contributed by atoms with E-state index in [9.17, 15) is 4.79 Å². The quantitative estimate of drug-likeness (QED) is 0.692. The largest absolute Gasteiger partial charge is 0.325 e. The van der Waals surface area contributed by atoms with Crippen molar-refractivity contribution in [3.05, 3.63) is 77.3 Å². The van der Waals surface area contributed by atoms with Gasteiger partial charge in [0.25, 0.3) is 0 Å². The molecule has 0 saturated carbocycles. The number of carbonyl (C=O) groups is 1. The molecule has 0 unspecified atom stereocenters. The highest BCUT2D eigenvalue weighted by molar-refractivity contribution is 6.30. The van der Waals surface area contributed by atoms with Crippen LogP contribution >= 0.6 is 11.6 Å². The first kappa shape index (κ1) is 15.6. The lowest BCUT2D eigenvalue weighted by atomic mass is 10.00. The van der Waals surface area contributed by atoms with E-state index in [1.807, 2.05) is 73.7 Å². The standard InChI is InChI=1S/C20H18ClNO/c1-14(13-15-9-11-17(21)12-10-15)20(23)22-19-8-4-6-16-5-2-3-7-18(16)19/h2-12,14H,13H2,1H3,(H,22,23)/t14-/m1/s1. The first-order valence-electron chi connectivity index (χ1n) is 7.66. The monoisotopic (exact) mass is 323 g/mol. The second kappa shape index (κ2) is 6.84.